The van der Waals surface area contributed by atoms with Crippen LogP contribution in [0.2, 0.25) is 10.2 Å². The van der Waals surface area contributed by atoms with Crippen molar-refractivity contribution in [2.75, 3.05) is 0 Å². The van der Waals surface area contributed by atoms with Crippen molar-refractivity contribution in [3.8, 4) is 16.8 Å². The van der Waals surface area contributed by atoms with Crippen molar-refractivity contribution in [1.82, 2.24) is 34.7 Å². The monoisotopic (exact) mass is 510 g/mol. The lowest BCUT2D eigenvalue weighted by molar-refractivity contribution is 0.390. The van der Waals surface area contributed by atoms with Gasteiger partial charge in [0.1, 0.15) is 12.2 Å². The van der Waals surface area contributed by atoms with E-state index in [1.165, 1.54) is 6.33 Å². The van der Waals surface area contributed by atoms with Gasteiger partial charge >= 0.3 is 0 Å². The fourth-order valence-corrected chi connectivity index (χ4v) is 5.90. The molecule has 0 saturated heterocycles. The highest BCUT2D eigenvalue weighted by Crippen LogP contribution is 2.38. The van der Waals surface area contributed by atoms with Crippen LogP contribution in [0.4, 0.5) is 0 Å². The number of tetrazole rings is 1. The fourth-order valence-electron chi connectivity index (χ4n) is 5.44. The third-order valence-electron chi connectivity index (χ3n) is 7.20. The van der Waals surface area contributed by atoms with Gasteiger partial charge in [-0.3, -0.25) is 4.79 Å². The van der Waals surface area contributed by atoms with Gasteiger partial charge in [0, 0.05) is 34.3 Å². The molecule has 0 spiro atoms. The lowest BCUT2D eigenvalue weighted by Crippen LogP contribution is -2.26. The molecule has 0 bridgehead atoms. The Hall–Kier alpha value is -3.01. The summed E-state index contributed by atoms with van der Waals surface area (Å²) < 4.78 is 3.38. The van der Waals surface area contributed by atoms with Gasteiger partial charge in [0.2, 0.25) is 0 Å². The molecule has 1 aromatic carbocycles. The second-order valence-electron chi connectivity index (χ2n) is 9.35. The Kier molecular flexibility index (Phi) is 5.70. The van der Waals surface area contributed by atoms with Crippen LogP contribution in [0.1, 0.15) is 61.3 Å². The van der Waals surface area contributed by atoms with Crippen LogP contribution in [0, 0.1) is 0 Å². The molecular weight excluding hydrogens is 487 g/mol. The number of nitrogens with one attached hydrogen (secondary N) is 1. The molecule has 0 amide bonds. The Morgan fingerprint density at radius 3 is 2.66 bits per heavy atom. The standard InChI is InChI=1S/C24H24Cl2N8O/c25-15-3-7-19(33-12-28-31-32-33)18(11-15)14-9-17-6-8-20(34(17)21(35)10-14)24-29-22(23(26)30-24)13-1-4-16(27)5-2-13/h3,7,9-13,16,20H,1-2,4-6,8,27H2,(H,29,30)/t13?,16?,20-/m0/s1. The number of fused-ring (bicyclic) bond motifs is 1. The van der Waals surface area contributed by atoms with Crippen molar-refractivity contribution in [1.29, 1.82) is 0 Å². The summed E-state index contributed by atoms with van der Waals surface area (Å²) in [6, 6.07) is 9.20. The molecule has 9 nitrogen and oxygen atoms in total. The topological polar surface area (TPSA) is 120 Å². The lowest BCUT2D eigenvalue weighted by Gasteiger charge is -2.25. The van der Waals surface area contributed by atoms with Crippen molar-refractivity contribution in [2.45, 2.75) is 56.5 Å². The van der Waals surface area contributed by atoms with E-state index in [0.29, 0.717) is 16.1 Å². The minimum Gasteiger partial charge on any atom is -0.343 e. The van der Waals surface area contributed by atoms with Gasteiger partial charge in [-0.05, 0) is 78.8 Å². The maximum atomic E-state index is 13.4. The summed E-state index contributed by atoms with van der Waals surface area (Å²) in [5, 5.41) is 12.5. The summed E-state index contributed by atoms with van der Waals surface area (Å²) in [4.78, 5) is 21.5. The number of aromatic nitrogens is 7. The molecule has 0 radical (unpaired) electrons. The van der Waals surface area contributed by atoms with Gasteiger partial charge in [-0.1, -0.05) is 23.2 Å². The van der Waals surface area contributed by atoms with Crippen molar-refractivity contribution >= 4 is 23.2 Å². The first-order valence-electron chi connectivity index (χ1n) is 11.8. The summed E-state index contributed by atoms with van der Waals surface area (Å²) in [5.41, 5.74) is 10.2. The maximum absolute atomic E-state index is 13.4. The molecule has 11 heteroatoms. The predicted octanol–water partition coefficient (Wildman–Crippen LogP) is 4.04. The number of pyridine rings is 1. The minimum absolute atomic E-state index is 0.0969. The number of aryl methyl sites for hydroxylation is 1. The number of benzene rings is 1. The van der Waals surface area contributed by atoms with E-state index in [4.69, 9.17) is 28.9 Å². The van der Waals surface area contributed by atoms with Crippen molar-refractivity contribution < 1.29 is 0 Å². The average Bonchev–Trinajstić information content (AvgIpc) is 3.59. The normalized spacial score (nSPS) is 21.9. The molecule has 3 aromatic heterocycles. The van der Waals surface area contributed by atoms with Gasteiger partial charge in [0.25, 0.3) is 5.56 Å². The number of nitrogens with zero attached hydrogens (tertiary/aromatic N) is 6. The number of nitrogens with two attached hydrogens (primary N) is 1. The van der Waals surface area contributed by atoms with E-state index < -0.39 is 0 Å². The van der Waals surface area contributed by atoms with Crippen LogP contribution in [0.25, 0.3) is 16.8 Å². The second-order valence-corrected chi connectivity index (χ2v) is 10.1. The van der Waals surface area contributed by atoms with Crippen LogP contribution < -0.4 is 11.3 Å². The number of rotatable bonds is 4. The average molecular weight is 511 g/mol. The number of halogens is 2. The molecule has 35 heavy (non-hydrogen) atoms. The molecule has 4 aromatic rings. The molecule has 1 aliphatic heterocycles. The zero-order chi connectivity index (χ0) is 24.1. The van der Waals surface area contributed by atoms with Crippen LogP contribution in [0.3, 0.4) is 0 Å². The lowest BCUT2D eigenvalue weighted by atomic mass is 9.85. The first kappa shape index (κ1) is 22.5. The van der Waals surface area contributed by atoms with Gasteiger partial charge in [0.05, 0.1) is 17.4 Å². The fraction of sp³-hybridized carbons (Fsp3) is 0.375. The van der Waals surface area contributed by atoms with Gasteiger partial charge in [-0.25, -0.2) is 4.98 Å². The first-order valence-corrected chi connectivity index (χ1v) is 12.5. The molecular formula is C24H24Cl2N8O. The number of hydrogen-bond donors (Lipinski definition) is 2. The van der Waals surface area contributed by atoms with E-state index >= 15 is 0 Å². The third-order valence-corrected chi connectivity index (χ3v) is 7.72. The van der Waals surface area contributed by atoms with Crippen molar-refractivity contribution in [3.63, 3.8) is 0 Å². The molecule has 1 fully saturated rings. The van der Waals surface area contributed by atoms with E-state index in [1.54, 1.807) is 16.8 Å². The summed E-state index contributed by atoms with van der Waals surface area (Å²) >= 11 is 12.9. The highest BCUT2D eigenvalue weighted by Gasteiger charge is 2.31. The van der Waals surface area contributed by atoms with Crippen LogP contribution >= 0.6 is 23.2 Å². The Labute approximate surface area is 211 Å². The Bertz CT molecular complexity index is 1440. The Balaban J connectivity index is 1.36. The van der Waals surface area contributed by atoms with Crippen LogP contribution in [-0.2, 0) is 6.42 Å². The Morgan fingerprint density at radius 2 is 1.89 bits per heavy atom. The highest BCUT2D eigenvalue weighted by molar-refractivity contribution is 6.31. The van der Waals surface area contributed by atoms with Gasteiger partial charge < -0.3 is 15.3 Å². The highest BCUT2D eigenvalue weighted by atomic mass is 35.5. The summed E-state index contributed by atoms with van der Waals surface area (Å²) in [6.45, 7) is 0. The number of imidazole rings is 1. The molecule has 1 atom stereocenters. The maximum Gasteiger partial charge on any atom is 0.252 e. The molecule has 4 heterocycles. The summed E-state index contributed by atoms with van der Waals surface area (Å²) in [7, 11) is 0. The Morgan fingerprint density at radius 1 is 1.06 bits per heavy atom. The zero-order valence-electron chi connectivity index (χ0n) is 18.9. The minimum atomic E-state index is -0.179. The largest absolute Gasteiger partial charge is 0.343 e. The van der Waals surface area contributed by atoms with Crippen LogP contribution in [0.5, 0.6) is 0 Å². The van der Waals surface area contributed by atoms with Crippen molar-refractivity contribution in [2.24, 2.45) is 5.73 Å². The molecule has 0 unspecified atom stereocenters. The zero-order valence-corrected chi connectivity index (χ0v) is 20.4. The quantitative estimate of drug-likeness (QED) is 0.427. The second kappa shape index (κ2) is 8.89. The van der Waals surface area contributed by atoms with Gasteiger partial charge in [-0.15, -0.1) is 5.10 Å². The molecule has 180 valence electrons. The summed E-state index contributed by atoms with van der Waals surface area (Å²) in [6.07, 6.45) is 7.00. The van der Waals surface area contributed by atoms with Crippen LogP contribution in [0.15, 0.2) is 41.5 Å². The molecule has 1 aliphatic carbocycles. The van der Waals surface area contributed by atoms with Gasteiger partial charge in [-0.2, -0.15) is 4.68 Å². The van der Waals surface area contributed by atoms with Crippen molar-refractivity contribution in [3.05, 3.63) is 74.4 Å². The number of aromatic amines is 1. The SMILES string of the molecule is NC1CCC(c2[nH]c([C@@H]3CCc4cc(-c5cc(Cl)ccc5-n5cnnn5)cc(=O)n43)nc2Cl)CC1. The summed E-state index contributed by atoms with van der Waals surface area (Å²) in [5.74, 6) is 1.07. The third kappa shape index (κ3) is 4.07. The molecule has 3 N–H and O–H groups in total. The molecule has 6 rings (SSSR count). The smallest absolute Gasteiger partial charge is 0.252 e. The van der Waals surface area contributed by atoms with E-state index in [2.05, 4.69) is 25.5 Å². The predicted molar refractivity (Wildman–Crippen MR) is 133 cm³/mol. The van der Waals surface area contributed by atoms with E-state index in [1.807, 2.05) is 22.8 Å². The van der Waals surface area contributed by atoms with Gasteiger partial charge in [0.15, 0.2) is 5.15 Å². The van der Waals surface area contributed by atoms with Crippen LogP contribution in [-0.4, -0.2) is 40.8 Å². The van der Waals surface area contributed by atoms with E-state index in [0.717, 1.165) is 72.6 Å². The molecule has 1 saturated carbocycles. The number of H-pyrrole nitrogens is 1. The molecule has 2 aliphatic rings. The number of hydrogen-bond acceptors (Lipinski definition) is 6. The first-order chi connectivity index (χ1) is 17.0. The van der Waals surface area contributed by atoms with E-state index in [-0.39, 0.29) is 17.6 Å². The van der Waals surface area contributed by atoms with E-state index in [9.17, 15) is 4.79 Å².